The highest BCUT2D eigenvalue weighted by molar-refractivity contribution is 5.91. The van der Waals surface area contributed by atoms with Crippen LogP contribution in [0.5, 0.6) is 0 Å². The van der Waals surface area contributed by atoms with Crippen LogP contribution in [0.1, 0.15) is 36.7 Å². The summed E-state index contributed by atoms with van der Waals surface area (Å²) in [5, 5.41) is 6.57. The molecule has 1 aromatic carbocycles. The molecule has 1 fully saturated rings. The number of hydrogen-bond donors (Lipinski definition) is 2. The Labute approximate surface area is 170 Å². The number of amides is 1. The Bertz CT molecular complexity index is 1090. The average Bonchev–Trinajstić information content (AvgIpc) is 3.25. The molecular formula is C21H19F3N4O2. The van der Waals surface area contributed by atoms with Crippen molar-refractivity contribution in [3.63, 3.8) is 0 Å². The Morgan fingerprint density at radius 3 is 2.53 bits per heavy atom. The maximum atomic E-state index is 13.0. The Morgan fingerprint density at radius 2 is 1.90 bits per heavy atom. The summed E-state index contributed by atoms with van der Waals surface area (Å²) in [7, 11) is 0. The van der Waals surface area contributed by atoms with E-state index in [4.69, 9.17) is 10.3 Å². The van der Waals surface area contributed by atoms with Crippen LogP contribution >= 0.6 is 0 Å². The van der Waals surface area contributed by atoms with Gasteiger partial charge in [-0.3, -0.25) is 4.79 Å². The number of hydrogen-bond acceptors (Lipinski definition) is 5. The number of nitrogens with two attached hydrogens (primary N) is 1. The zero-order valence-corrected chi connectivity index (χ0v) is 16.1. The molecule has 6 nitrogen and oxygen atoms in total. The number of alkyl halides is 3. The lowest BCUT2D eigenvalue weighted by Crippen LogP contribution is -2.14. The van der Waals surface area contributed by atoms with Gasteiger partial charge >= 0.3 is 6.18 Å². The van der Waals surface area contributed by atoms with Gasteiger partial charge in [-0.2, -0.15) is 13.2 Å². The van der Waals surface area contributed by atoms with Crippen molar-refractivity contribution in [2.75, 3.05) is 11.1 Å². The molecule has 4 rings (SSSR count). The number of carbonyl (C=O) groups excluding carboxylic acids is 1. The van der Waals surface area contributed by atoms with Crippen molar-refractivity contribution >= 4 is 17.5 Å². The van der Waals surface area contributed by atoms with Gasteiger partial charge in [0.15, 0.2) is 5.82 Å². The third-order valence-electron chi connectivity index (χ3n) is 5.25. The van der Waals surface area contributed by atoms with Crippen molar-refractivity contribution in [1.82, 2.24) is 10.1 Å². The molecule has 9 heteroatoms. The van der Waals surface area contributed by atoms with Crippen LogP contribution in [0.4, 0.5) is 24.8 Å². The van der Waals surface area contributed by atoms with Crippen LogP contribution in [0.3, 0.4) is 0 Å². The Kier molecular flexibility index (Phi) is 4.76. The van der Waals surface area contributed by atoms with E-state index in [-0.39, 0.29) is 23.3 Å². The number of carbonyl (C=O) groups is 1. The lowest BCUT2D eigenvalue weighted by Gasteiger charge is -2.11. The predicted octanol–water partition coefficient (Wildman–Crippen LogP) is 4.57. The smallest absolute Gasteiger partial charge is 0.383 e. The first-order valence-electron chi connectivity index (χ1n) is 9.33. The maximum absolute atomic E-state index is 13.0. The average molecular weight is 416 g/mol. The molecule has 0 bridgehead atoms. The van der Waals surface area contributed by atoms with Gasteiger partial charge in [0.2, 0.25) is 5.91 Å². The largest absolute Gasteiger partial charge is 0.419 e. The summed E-state index contributed by atoms with van der Waals surface area (Å²) in [6, 6.07) is 9.33. The summed E-state index contributed by atoms with van der Waals surface area (Å²) in [4.78, 5) is 15.9. The third kappa shape index (κ3) is 4.14. The Balaban J connectivity index is 1.42. The van der Waals surface area contributed by atoms with E-state index in [1.165, 1.54) is 6.20 Å². The van der Waals surface area contributed by atoms with Gasteiger partial charge in [-0.25, -0.2) is 4.98 Å². The van der Waals surface area contributed by atoms with Gasteiger partial charge in [-0.15, -0.1) is 0 Å². The number of benzene rings is 1. The first kappa shape index (κ1) is 19.9. The minimum absolute atomic E-state index is 0.0226. The van der Waals surface area contributed by atoms with E-state index in [0.29, 0.717) is 16.9 Å². The van der Waals surface area contributed by atoms with Crippen molar-refractivity contribution in [3.8, 4) is 11.1 Å². The van der Waals surface area contributed by atoms with Gasteiger partial charge in [-0.05, 0) is 30.0 Å². The van der Waals surface area contributed by atoms with Crippen molar-refractivity contribution in [2.24, 2.45) is 0 Å². The van der Waals surface area contributed by atoms with Crippen LogP contribution in [0.25, 0.3) is 11.1 Å². The topological polar surface area (TPSA) is 94.0 Å². The quantitative estimate of drug-likeness (QED) is 0.635. The van der Waals surface area contributed by atoms with Crippen LogP contribution in [-0.4, -0.2) is 16.0 Å². The van der Waals surface area contributed by atoms with Crippen LogP contribution in [0.15, 0.2) is 47.1 Å². The molecule has 1 aliphatic rings. The van der Waals surface area contributed by atoms with Gasteiger partial charge in [0.05, 0.1) is 12.0 Å². The van der Waals surface area contributed by atoms with Crippen molar-refractivity contribution in [2.45, 2.75) is 37.8 Å². The Morgan fingerprint density at radius 1 is 1.20 bits per heavy atom. The van der Waals surface area contributed by atoms with E-state index in [0.717, 1.165) is 24.7 Å². The number of aromatic nitrogens is 2. The van der Waals surface area contributed by atoms with Gasteiger partial charge in [0, 0.05) is 23.2 Å². The highest BCUT2D eigenvalue weighted by Crippen LogP contribution is 2.48. The number of nitrogens with one attached hydrogen (secondary N) is 1. The number of rotatable bonds is 5. The molecule has 0 radical (unpaired) electrons. The van der Waals surface area contributed by atoms with Gasteiger partial charge in [-0.1, -0.05) is 36.3 Å². The standard InChI is InChI=1S/C21H19F3N4O2/c1-20(6-7-20)16-10-17(28-30-16)27-18(29)8-12-2-4-13(5-3-12)14-9-15(21(22,23)24)19(25)26-11-14/h2-5,9-11H,6-8H2,1H3,(H2,25,26)(H,27,28,29). The molecule has 3 N–H and O–H groups in total. The Hall–Kier alpha value is -3.36. The predicted molar refractivity (Wildman–Crippen MR) is 105 cm³/mol. The molecule has 0 spiro atoms. The van der Waals surface area contributed by atoms with Crippen molar-refractivity contribution < 1.29 is 22.5 Å². The second-order valence-electron chi connectivity index (χ2n) is 7.71. The zero-order valence-electron chi connectivity index (χ0n) is 16.1. The monoisotopic (exact) mass is 416 g/mol. The van der Waals surface area contributed by atoms with Crippen LogP contribution < -0.4 is 11.1 Å². The van der Waals surface area contributed by atoms with Crippen LogP contribution in [0.2, 0.25) is 0 Å². The fourth-order valence-electron chi connectivity index (χ4n) is 3.10. The van der Waals surface area contributed by atoms with E-state index < -0.39 is 17.6 Å². The van der Waals surface area contributed by atoms with E-state index in [9.17, 15) is 18.0 Å². The van der Waals surface area contributed by atoms with Crippen molar-refractivity contribution in [3.05, 3.63) is 59.5 Å². The first-order valence-corrected chi connectivity index (χ1v) is 9.33. The second-order valence-corrected chi connectivity index (χ2v) is 7.71. The highest BCUT2D eigenvalue weighted by Gasteiger charge is 2.43. The SMILES string of the molecule is CC1(c2cc(NC(=O)Cc3ccc(-c4cnc(N)c(C(F)(F)F)c4)cc3)no2)CC1. The lowest BCUT2D eigenvalue weighted by atomic mass is 10.0. The molecule has 30 heavy (non-hydrogen) atoms. The van der Waals surface area contributed by atoms with E-state index in [1.807, 2.05) is 0 Å². The summed E-state index contributed by atoms with van der Waals surface area (Å²) in [5.41, 5.74) is 5.91. The molecule has 1 amide bonds. The van der Waals surface area contributed by atoms with E-state index >= 15 is 0 Å². The second kappa shape index (κ2) is 7.16. The molecule has 0 atom stereocenters. The van der Waals surface area contributed by atoms with Gasteiger partial charge < -0.3 is 15.6 Å². The van der Waals surface area contributed by atoms with Gasteiger partial charge in [0.1, 0.15) is 11.6 Å². The van der Waals surface area contributed by atoms with Crippen LogP contribution in [0, 0.1) is 0 Å². The lowest BCUT2D eigenvalue weighted by molar-refractivity contribution is -0.137. The van der Waals surface area contributed by atoms with E-state index in [1.54, 1.807) is 30.3 Å². The molecule has 2 heterocycles. The summed E-state index contributed by atoms with van der Waals surface area (Å²) in [6.07, 6.45) is -1.13. The van der Waals surface area contributed by atoms with Crippen LogP contribution in [-0.2, 0) is 22.8 Å². The normalized spacial score (nSPS) is 15.1. The molecule has 0 aliphatic heterocycles. The maximum Gasteiger partial charge on any atom is 0.419 e. The molecule has 1 saturated carbocycles. The fourth-order valence-corrected chi connectivity index (χ4v) is 3.10. The fraction of sp³-hybridized carbons (Fsp3) is 0.286. The number of nitrogens with zero attached hydrogens (tertiary/aromatic N) is 2. The molecule has 0 saturated heterocycles. The minimum Gasteiger partial charge on any atom is -0.383 e. The summed E-state index contributed by atoms with van der Waals surface area (Å²) in [6.45, 7) is 2.08. The van der Waals surface area contributed by atoms with Gasteiger partial charge in [0.25, 0.3) is 0 Å². The molecule has 0 unspecified atom stereocenters. The minimum atomic E-state index is -4.58. The summed E-state index contributed by atoms with van der Waals surface area (Å²) in [5.74, 6) is 0.299. The summed E-state index contributed by atoms with van der Waals surface area (Å²) < 4.78 is 44.4. The number of nitrogen functional groups attached to an aromatic ring is 1. The molecule has 3 aromatic rings. The van der Waals surface area contributed by atoms with Crippen molar-refractivity contribution in [1.29, 1.82) is 0 Å². The molecule has 156 valence electrons. The highest BCUT2D eigenvalue weighted by atomic mass is 19.4. The molecule has 2 aromatic heterocycles. The van der Waals surface area contributed by atoms with E-state index in [2.05, 4.69) is 22.4 Å². The first-order chi connectivity index (χ1) is 14.1. The zero-order chi connectivity index (χ0) is 21.5. The summed E-state index contributed by atoms with van der Waals surface area (Å²) >= 11 is 0. The molecular weight excluding hydrogens is 397 g/mol. The molecule has 1 aliphatic carbocycles. The number of anilines is 2. The number of halogens is 3. The third-order valence-corrected chi connectivity index (χ3v) is 5.25. The number of pyridine rings is 1.